The summed E-state index contributed by atoms with van der Waals surface area (Å²) in [7, 11) is 3.19. The molecule has 11 heteroatoms. The van der Waals surface area contributed by atoms with Crippen molar-refractivity contribution in [2.24, 2.45) is 11.8 Å². The van der Waals surface area contributed by atoms with E-state index in [0.717, 1.165) is 55.1 Å². The molecule has 0 spiro atoms. The smallest absolute Gasteiger partial charge is 0.241 e. The van der Waals surface area contributed by atoms with Crippen molar-refractivity contribution in [2.45, 2.75) is 31.7 Å². The van der Waals surface area contributed by atoms with Crippen molar-refractivity contribution < 1.29 is 9.47 Å². The van der Waals surface area contributed by atoms with E-state index in [9.17, 15) is 0 Å². The van der Waals surface area contributed by atoms with E-state index in [1.807, 2.05) is 12.1 Å². The minimum absolute atomic E-state index is 0.139. The molecule has 11 nitrogen and oxygen atoms in total. The van der Waals surface area contributed by atoms with Gasteiger partial charge < -0.3 is 25.4 Å². The highest BCUT2D eigenvalue weighted by Crippen LogP contribution is 2.46. The van der Waals surface area contributed by atoms with Gasteiger partial charge in [-0.05, 0) is 61.4 Å². The number of hydrogen-bond acceptors (Lipinski definition) is 10. The molecule has 0 radical (unpaired) electrons. The molecule has 2 aromatic heterocycles. The number of nitrogens with zero attached hydrogens (tertiary/aromatic N) is 7. The van der Waals surface area contributed by atoms with Crippen LogP contribution in [-0.4, -0.2) is 76.1 Å². The van der Waals surface area contributed by atoms with Gasteiger partial charge in [-0.15, -0.1) is 5.10 Å². The average molecular weight is 542 g/mol. The molecular formula is C29H35N9O2. The molecule has 3 unspecified atom stereocenters. The van der Waals surface area contributed by atoms with Crippen LogP contribution in [0.5, 0.6) is 11.5 Å². The fourth-order valence-electron chi connectivity index (χ4n) is 6.95. The van der Waals surface area contributed by atoms with E-state index in [2.05, 4.69) is 59.4 Å². The van der Waals surface area contributed by atoms with Crippen LogP contribution in [0.15, 0.2) is 42.7 Å². The number of nitrogens with two attached hydrogens (primary N) is 1. The first-order valence-corrected chi connectivity index (χ1v) is 14.1. The van der Waals surface area contributed by atoms with E-state index < -0.39 is 0 Å². The lowest BCUT2D eigenvalue weighted by Crippen LogP contribution is -2.51. The van der Waals surface area contributed by atoms with Gasteiger partial charge in [0, 0.05) is 55.0 Å². The highest BCUT2D eigenvalue weighted by molar-refractivity contribution is 5.88. The van der Waals surface area contributed by atoms with Gasteiger partial charge in [-0.25, -0.2) is 9.97 Å². The quantitative estimate of drug-likeness (QED) is 0.357. The molecule has 3 N–H and O–H groups in total. The van der Waals surface area contributed by atoms with Crippen molar-refractivity contribution in [3.05, 3.63) is 42.7 Å². The number of ether oxygens (including phenoxy) is 2. The van der Waals surface area contributed by atoms with Crippen molar-refractivity contribution in [1.29, 1.82) is 0 Å². The summed E-state index contributed by atoms with van der Waals surface area (Å²) in [6.07, 6.45) is 7.28. The molecule has 2 aliphatic carbocycles. The zero-order valence-electron chi connectivity index (χ0n) is 23.0. The Morgan fingerprint density at radius 3 is 2.40 bits per heavy atom. The maximum Gasteiger partial charge on any atom is 0.241 e. The van der Waals surface area contributed by atoms with Crippen LogP contribution in [0.3, 0.4) is 0 Å². The summed E-state index contributed by atoms with van der Waals surface area (Å²) in [6.45, 7) is 4.45. The Kier molecular flexibility index (Phi) is 6.30. The summed E-state index contributed by atoms with van der Waals surface area (Å²) in [4.78, 5) is 18.6. The monoisotopic (exact) mass is 541 g/mol. The van der Waals surface area contributed by atoms with E-state index in [-0.39, 0.29) is 5.95 Å². The fourth-order valence-corrected chi connectivity index (χ4v) is 6.95. The van der Waals surface area contributed by atoms with Gasteiger partial charge in [0.05, 0.1) is 19.7 Å². The summed E-state index contributed by atoms with van der Waals surface area (Å²) in [5.74, 6) is 4.22. The summed E-state index contributed by atoms with van der Waals surface area (Å²) >= 11 is 0. The molecule has 3 atom stereocenters. The van der Waals surface area contributed by atoms with Crippen molar-refractivity contribution >= 4 is 34.2 Å². The average Bonchev–Trinajstić information content (AvgIpc) is 3.73. The first-order chi connectivity index (χ1) is 19.6. The number of anilines is 4. The normalized spacial score (nSPS) is 22.6. The lowest BCUT2D eigenvalue weighted by atomic mass is 9.93. The number of methoxy groups -OCH3 is 2. The lowest BCUT2D eigenvalue weighted by molar-refractivity contribution is 0.135. The Balaban J connectivity index is 1.08. The molecule has 208 valence electrons. The van der Waals surface area contributed by atoms with Gasteiger partial charge in [0.1, 0.15) is 6.33 Å². The first kappa shape index (κ1) is 24.9. The fraction of sp³-hybridized carbons (Fsp3) is 0.448. The van der Waals surface area contributed by atoms with Gasteiger partial charge in [0.15, 0.2) is 17.3 Å². The molecule has 4 aromatic rings. The predicted molar refractivity (Wildman–Crippen MR) is 155 cm³/mol. The van der Waals surface area contributed by atoms with E-state index in [0.29, 0.717) is 28.8 Å². The number of benzene rings is 2. The molecule has 0 amide bonds. The number of hydrogen-bond donors (Lipinski definition) is 2. The van der Waals surface area contributed by atoms with E-state index in [4.69, 9.17) is 15.2 Å². The molecule has 40 heavy (non-hydrogen) atoms. The molecule has 2 aromatic carbocycles. The standard InChI is InChI=1S/C29H35N9O2/c1-39-25-15-22-23(16-26(25)40-2)31-17-32-27(22)38-29(34-28(30)35-38)33-20-5-7-21(8-6-20)36-9-11-37(12-10-36)24-14-18-3-4-19(24)13-18/h5-8,15-19,24H,3-4,9-14H2,1-2H3,(H3,30,33,34,35). The third-order valence-corrected chi connectivity index (χ3v) is 8.92. The number of rotatable bonds is 7. The molecular weight excluding hydrogens is 506 g/mol. The Bertz CT molecular complexity index is 1510. The Hall–Kier alpha value is -4.12. The highest BCUT2D eigenvalue weighted by Gasteiger charge is 2.42. The molecule has 3 fully saturated rings. The molecule has 3 heterocycles. The van der Waals surface area contributed by atoms with E-state index in [1.165, 1.54) is 37.7 Å². The second-order valence-electron chi connectivity index (χ2n) is 11.1. The largest absolute Gasteiger partial charge is 0.493 e. The second-order valence-corrected chi connectivity index (χ2v) is 11.1. The zero-order chi connectivity index (χ0) is 27.2. The molecule has 1 saturated heterocycles. The van der Waals surface area contributed by atoms with Crippen LogP contribution >= 0.6 is 0 Å². The lowest BCUT2D eigenvalue weighted by Gasteiger charge is -2.41. The van der Waals surface area contributed by atoms with Crippen molar-refractivity contribution in [3.63, 3.8) is 0 Å². The molecule has 7 rings (SSSR count). The van der Waals surface area contributed by atoms with Gasteiger partial charge in [0.25, 0.3) is 0 Å². The zero-order valence-corrected chi connectivity index (χ0v) is 23.0. The predicted octanol–water partition coefficient (Wildman–Crippen LogP) is 3.86. The Labute approximate surface area is 233 Å². The highest BCUT2D eigenvalue weighted by atomic mass is 16.5. The second kappa shape index (κ2) is 10.1. The molecule has 2 bridgehead atoms. The summed E-state index contributed by atoms with van der Waals surface area (Å²) in [5, 5.41) is 8.51. The molecule has 1 aliphatic heterocycles. The minimum atomic E-state index is 0.139. The van der Waals surface area contributed by atoms with Crippen LogP contribution in [0, 0.1) is 11.8 Å². The van der Waals surface area contributed by atoms with Crippen LogP contribution in [-0.2, 0) is 0 Å². The number of aromatic nitrogens is 5. The maximum absolute atomic E-state index is 6.03. The SMILES string of the molecule is COc1cc2ncnc(-n3nc(N)nc3Nc3ccc(N4CCN(C5CC6CCC5C6)CC4)cc3)c2cc1OC. The minimum Gasteiger partial charge on any atom is -0.493 e. The van der Waals surface area contributed by atoms with E-state index >= 15 is 0 Å². The summed E-state index contributed by atoms with van der Waals surface area (Å²) in [6, 6.07) is 12.9. The third-order valence-electron chi connectivity index (χ3n) is 8.92. The number of nitrogen functional groups attached to an aromatic ring is 1. The first-order valence-electron chi connectivity index (χ1n) is 14.1. The van der Waals surface area contributed by atoms with Gasteiger partial charge >= 0.3 is 0 Å². The Morgan fingerprint density at radius 2 is 1.70 bits per heavy atom. The van der Waals surface area contributed by atoms with Crippen LogP contribution in [0.4, 0.5) is 23.3 Å². The van der Waals surface area contributed by atoms with Crippen LogP contribution in [0.1, 0.15) is 25.7 Å². The number of piperazine rings is 1. The van der Waals surface area contributed by atoms with Gasteiger partial charge in [-0.3, -0.25) is 4.90 Å². The number of nitrogens with one attached hydrogen (secondary N) is 1. The van der Waals surface area contributed by atoms with Crippen molar-refractivity contribution in [3.8, 4) is 17.3 Å². The third kappa shape index (κ3) is 4.43. The molecule has 3 aliphatic rings. The summed E-state index contributed by atoms with van der Waals surface area (Å²) < 4.78 is 12.5. The topological polar surface area (TPSA) is 119 Å². The van der Waals surface area contributed by atoms with Crippen LogP contribution in [0.2, 0.25) is 0 Å². The maximum atomic E-state index is 6.03. The van der Waals surface area contributed by atoms with E-state index in [1.54, 1.807) is 18.9 Å². The van der Waals surface area contributed by atoms with Crippen molar-refractivity contribution in [2.75, 3.05) is 56.3 Å². The number of fused-ring (bicyclic) bond motifs is 3. The Morgan fingerprint density at radius 1 is 0.925 bits per heavy atom. The van der Waals surface area contributed by atoms with Crippen molar-refractivity contribution in [1.82, 2.24) is 29.6 Å². The van der Waals surface area contributed by atoms with Crippen LogP contribution < -0.4 is 25.4 Å². The van der Waals surface area contributed by atoms with Gasteiger partial charge in [0.2, 0.25) is 11.9 Å². The van der Waals surface area contributed by atoms with Gasteiger partial charge in [-0.1, -0.05) is 6.42 Å². The molecule has 2 saturated carbocycles. The van der Waals surface area contributed by atoms with Gasteiger partial charge in [-0.2, -0.15) is 9.67 Å². The summed E-state index contributed by atoms with van der Waals surface area (Å²) in [5.41, 5.74) is 8.84. The van der Waals surface area contributed by atoms with Crippen LogP contribution in [0.25, 0.3) is 16.7 Å².